The fourth-order valence-corrected chi connectivity index (χ4v) is 3.67. The fourth-order valence-electron chi connectivity index (χ4n) is 2.87. The first kappa shape index (κ1) is 19.3. The molecule has 0 aliphatic carbocycles. The van der Waals surface area contributed by atoms with E-state index in [2.05, 4.69) is 36.4 Å². The quantitative estimate of drug-likeness (QED) is 0.600. The number of phenols is 1. The van der Waals surface area contributed by atoms with Crippen molar-refractivity contribution in [3.63, 3.8) is 0 Å². The second-order valence-corrected chi connectivity index (χ2v) is 7.01. The molecule has 1 aliphatic heterocycles. The average molecular weight is 393 g/mol. The number of phenolic OH excluding ortho intramolecular Hbond substituents is 1. The monoisotopic (exact) mass is 392 g/mol. The Morgan fingerprint density at radius 1 is 1.30 bits per heavy atom. The SMILES string of the molecule is CCNC(=NCc1ccc(O)c(F)c1)N1CCN(c2nc(CC)ns2)CC1. The van der Waals surface area contributed by atoms with E-state index >= 15 is 0 Å². The van der Waals surface area contributed by atoms with Crippen molar-refractivity contribution in [2.45, 2.75) is 26.8 Å². The van der Waals surface area contributed by atoms with Gasteiger partial charge in [0.1, 0.15) is 5.82 Å². The van der Waals surface area contributed by atoms with E-state index in [-0.39, 0.29) is 5.75 Å². The van der Waals surface area contributed by atoms with Gasteiger partial charge < -0.3 is 20.2 Å². The number of benzene rings is 1. The van der Waals surface area contributed by atoms with Gasteiger partial charge in [0.05, 0.1) is 6.54 Å². The van der Waals surface area contributed by atoms with Crippen molar-refractivity contribution in [1.82, 2.24) is 19.6 Å². The van der Waals surface area contributed by atoms with E-state index in [0.717, 1.165) is 61.6 Å². The van der Waals surface area contributed by atoms with Crippen LogP contribution in [0.1, 0.15) is 25.2 Å². The van der Waals surface area contributed by atoms with Crippen LogP contribution < -0.4 is 10.2 Å². The zero-order valence-electron chi connectivity index (χ0n) is 15.7. The Bertz CT molecular complexity index is 788. The number of aromatic nitrogens is 2. The maximum atomic E-state index is 13.5. The molecule has 1 saturated heterocycles. The summed E-state index contributed by atoms with van der Waals surface area (Å²) in [6.45, 7) is 8.58. The lowest BCUT2D eigenvalue weighted by Gasteiger charge is -2.36. The molecule has 2 heterocycles. The average Bonchev–Trinajstić information content (AvgIpc) is 3.17. The molecule has 3 rings (SSSR count). The van der Waals surface area contributed by atoms with Gasteiger partial charge >= 0.3 is 0 Å². The third-order valence-electron chi connectivity index (χ3n) is 4.38. The molecule has 1 fully saturated rings. The highest BCUT2D eigenvalue weighted by Gasteiger charge is 2.22. The molecule has 1 aliphatic rings. The number of rotatable bonds is 5. The van der Waals surface area contributed by atoms with Gasteiger partial charge in [0.15, 0.2) is 17.5 Å². The Morgan fingerprint density at radius 3 is 2.70 bits per heavy atom. The Balaban J connectivity index is 1.62. The van der Waals surface area contributed by atoms with Crippen molar-refractivity contribution in [2.24, 2.45) is 4.99 Å². The summed E-state index contributed by atoms with van der Waals surface area (Å²) < 4.78 is 17.9. The zero-order chi connectivity index (χ0) is 19.2. The van der Waals surface area contributed by atoms with Crippen LogP contribution in [0.25, 0.3) is 0 Å². The van der Waals surface area contributed by atoms with Crippen molar-refractivity contribution in [3.8, 4) is 5.75 Å². The molecule has 9 heteroatoms. The van der Waals surface area contributed by atoms with Crippen LogP contribution in [0.3, 0.4) is 0 Å². The Labute approximate surface area is 162 Å². The molecule has 0 unspecified atom stereocenters. The number of nitrogens with zero attached hydrogens (tertiary/aromatic N) is 5. The molecule has 27 heavy (non-hydrogen) atoms. The minimum Gasteiger partial charge on any atom is -0.505 e. The summed E-state index contributed by atoms with van der Waals surface area (Å²) in [4.78, 5) is 13.7. The summed E-state index contributed by atoms with van der Waals surface area (Å²) in [6, 6.07) is 4.36. The molecule has 2 N–H and O–H groups in total. The van der Waals surface area contributed by atoms with E-state index in [0.29, 0.717) is 6.54 Å². The molecular weight excluding hydrogens is 367 g/mol. The minimum atomic E-state index is -0.621. The Hall–Kier alpha value is -2.42. The highest BCUT2D eigenvalue weighted by atomic mass is 32.1. The van der Waals surface area contributed by atoms with Gasteiger partial charge in [-0.15, -0.1) is 0 Å². The van der Waals surface area contributed by atoms with Gasteiger partial charge in [0, 0.05) is 50.7 Å². The van der Waals surface area contributed by atoms with Gasteiger partial charge in [0.25, 0.3) is 0 Å². The van der Waals surface area contributed by atoms with Crippen LogP contribution in [-0.2, 0) is 13.0 Å². The van der Waals surface area contributed by atoms with Crippen molar-refractivity contribution in [2.75, 3.05) is 37.6 Å². The number of halogens is 1. The van der Waals surface area contributed by atoms with Crippen LogP contribution in [0.4, 0.5) is 9.52 Å². The smallest absolute Gasteiger partial charge is 0.205 e. The van der Waals surface area contributed by atoms with Crippen LogP contribution in [0, 0.1) is 5.82 Å². The Morgan fingerprint density at radius 2 is 2.07 bits per heavy atom. The van der Waals surface area contributed by atoms with Gasteiger partial charge in [-0.1, -0.05) is 13.0 Å². The van der Waals surface area contributed by atoms with Gasteiger partial charge in [-0.25, -0.2) is 14.4 Å². The number of hydrogen-bond acceptors (Lipinski definition) is 6. The molecule has 0 atom stereocenters. The number of hydrogen-bond donors (Lipinski definition) is 2. The van der Waals surface area contributed by atoms with Gasteiger partial charge in [-0.05, 0) is 24.6 Å². The van der Waals surface area contributed by atoms with Crippen LogP contribution >= 0.6 is 11.5 Å². The third kappa shape index (κ3) is 4.85. The maximum absolute atomic E-state index is 13.5. The number of piperazine rings is 1. The summed E-state index contributed by atoms with van der Waals surface area (Å²) in [5, 5.41) is 13.6. The predicted molar refractivity (Wildman–Crippen MR) is 106 cm³/mol. The highest BCUT2D eigenvalue weighted by molar-refractivity contribution is 7.09. The van der Waals surface area contributed by atoms with Gasteiger partial charge in [0.2, 0.25) is 5.13 Å². The van der Waals surface area contributed by atoms with Crippen molar-refractivity contribution < 1.29 is 9.50 Å². The summed E-state index contributed by atoms with van der Waals surface area (Å²) in [7, 11) is 0. The number of anilines is 1. The normalized spacial score (nSPS) is 15.3. The van der Waals surface area contributed by atoms with E-state index in [9.17, 15) is 9.50 Å². The lowest BCUT2D eigenvalue weighted by molar-refractivity contribution is 0.372. The molecule has 0 saturated carbocycles. The van der Waals surface area contributed by atoms with Crippen molar-refractivity contribution in [1.29, 1.82) is 0 Å². The minimum absolute atomic E-state index is 0.339. The number of aryl methyl sites for hydroxylation is 1. The zero-order valence-corrected chi connectivity index (χ0v) is 16.5. The summed E-state index contributed by atoms with van der Waals surface area (Å²) in [5.41, 5.74) is 0.722. The first-order valence-corrected chi connectivity index (χ1v) is 9.96. The van der Waals surface area contributed by atoms with Crippen LogP contribution in [-0.4, -0.2) is 58.0 Å². The molecule has 146 valence electrons. The molecule has 0 radical (unpaired) electrons. The maximum Gasteiger partial charge on any atom is 0.205 e. The summed E-state index contributed by atoms with van der Waals surface area (Å²) >= 11 is 1.46. The second-order valence-electron chi connectivity index (χ2n) is 6.28. The Kier molecular flexibility index (Phi) is 6.44. The number of aromatic hydroxyl groups is 1. The molecular formula is C18H25FN6OS. The predicted octanol–water partition coefficient (Wildman–Crippen LogP) is 2.23. The lowest BCUT2D eigenvalue weighted by Crippen LogP contribution is -2.52. The first-order chi connectivity index (χ1) is 13.1. The van der Waals surface area contributed by atoms with Crippen molar-refractivity contribution in [3.05, 3.63) is 35.4 Å². The topological polar surface area (TPSA) is 76.9 Å². The van der Waals surface area contributed by atoms with Crippen molar-refractivity contribution >= 4 is 22.6 Å². The highest BCUT2D eigenvalue weighted by Crippen LogP contribution is 2.20. The van der Waals surface area contributed by atoms with E-state index in [1.54, 1.807) is 6.07 Å². The molecule has 0 spiro atoms. The lowest BCUT2D eigenvalue weighted by atomic mass is 10.2. The van der Waals surface area contributed by atoms with Gasteiger partial charge in [-0.3, -0.25) is 0 Å². The fraction of sp³-hybridized carbons (Fsp3) is 0.500. The molecule has 1 aromatic heterocycles. The standard InChI is InChI=1S/C18H25FN6OS/c1-3-16-22-18(27-23-16)25-9-7-24(8-10-25)17(20-4-2)21-12-13-5-6-15(26)14(19)11-13/h5-6,11,26H,3-4,7-10,12H2,1-2H3,(H,20,21). The van der Waals surface area contributed by atoms with Gasteiger partial charge in [-0.2, -0.15) is 4.37 Å². The van der Waals surface area contributed by atoms with Crippen LogP contribution in [0.15, 0.2) is 23.2 Å². The third-order valence-corrected chi connectivity index (χ3v) is 5.20. The van der Waals surface area contributed by atoms with Crippen LogP contribution in [0.2, 0.25) is 0 Å². The molecule has 1 aromatic carbocycles. The van der Waals surface area contributed by atoms with Crippen LogP contribution in [0.5, 0.6) is 5.75 Å². The number of guanidine groups is 1. The summed E-state index contributed by atoms with van der Waals surface area (Å²) in [5.74, 6) is 0.754. The molecule has 0 bridgehead atoms. The number of nitrogens with one attached hydrogen (secondary N) is 1. The van der Waals surface area contributed by atoms with E-state index in [4.69, 9.17) is 0 Å². The first-order valence-electron chi connectivity index (χ1n) is 9.18. The second kappa shape index (κ2) is 8.98. The molecule has 7 nitrogen and oxygen atoms in total. The van der Waals surface area contributed by atoms with E-state index in [1.807, 2.05) is 6.92 Å². The molecule has 0 amide bonds. The summed E-state index contributed by atoms with van der Waals surface area (Å²) in [6.07, 6.45) is 0.853. The molecule has 2 aromatic rings. The number of aliphatic imine (C=N–C) groups is 1. The van der Waals surface area contributed by atoms with E-state index < -0.39 is 5.82 Å². The van der Waals surface area contributed by atoms with E-state index in [1.165, 1.54) is 23.7 Å². The largest absolute Gasteiger partial charge is 0.505 e.